The minimum Gasteiger partial charge on any atom is -0.388 e. The minimum atomic E-state index is -0.367. The number of aliphatic hydroxyl groups excluding tert-OH is 1. The number of aryl methyl sites for hydroxylation is 1. The van der Waals surface area contributed by atoms with Gasteiger partial charge in [-0.2, -0.15) is 0 Å². The van der Waals surface area contributed by atoms with Crippen LogP contribution in [0.5, 0.6) is 0 Å². The van der Waals surface area contributed by atoms with Crippen molar-refractivity contribution in [3.8, 4) is 0 Å². The Labute approximate surface area is 116 Å². The number of nitrogens with one attached hydrogen (secondary N) is 1. The molecule has 0 radical (unpaired) electrons. The first-order valence-corrected chi connectivity index (χ1v) is 7.74. The number of hydrogen-bond donors (Lipinski definition) is 2. The second kappa shape index (κ2) is 5.09. The summed E-state index contributed by atoms with van der Waals surface area (Å²) in [5, 5.41) is 13.8. The van der Waals surface area contributed by atoms with Crippen molar-refractivity contribution in [2.75, 3.05) is 18.0 Å². The van der Waals surface area contributed by atoms with Gasteiger partial charge in [-0.15, -0.1) is 0 Å². The van der Waals surface area contributed by atoms with Gasteiger partial charge in [0.2, 0.25) is 5.91 Å². The lowest BCUT2D eigenvalue weighted by atomic mass is 10.0. The van der Waals surface area contributed by atoms with Gasteiger partial charge in [0.15, 0.2) is 5.13 Å². The lowest BCUT2D eigenvalue weighted by Gasteiger charge is -2.34. The zero-order valence-corrected chi connectivity index (χ0v) is 11.9. The third-order valence-electron chi connectivity index (χ3n) is 3.87. The molecule has 1 aromatic rings. The van der Waals surface area contributed by atoms with Gasteiger partial charge >= 0.3 is 0 Å². The van der Waals surface area contributed by atoms with Gasteiger partial charge in [0.1, 0.15) is 6.04 Å². The van der Waals surface area contributed by atoms with E-state index in [9.17, 15) is 9.90 Å². The predicted molar refractivity (Wildman–Crippen MR) is 74.4 cm³/mol. The summed E-state index contributed by atoms with van der Waals surface area (Å²) >= 11 is 1.56. The number of fused-ring (bicyclic) bond motifs is 1. The fourth-order valence-electron chi connectivity index (χ4n) is 2.86. The average molecular weight is 281 g/mol. The molecule has 0 spiro atoms. The second-order valence-electron chi connectivity index (χ2n) is 5.12. The quantitative estimate of drug-likeness (QED) is 0.855. The van der Waals surface area contributed by atoms with Gasteiger partial charge in [-0.05, 0) is 25.7 Å². The molecular weight excluding hydrogens is 262 g/mol. The molecule has 1 aromatic heterocycles. The van der Waals surface area contributed by atoms with Crippen LogP contribution in [0.15, 0.2) is 0 Å². The number of carbonyl (C=O) groups excluding carboxylic acids is 1. The Bertz CT molecular complexity index is 488. The third kappa shape index (κ3) is 2.23. The lowest BCUT2D eigenvalue weighted by molar-refractivity contribution is -0.123. The maximum atomic E-state index is 11.9. The van der Waals surface area contributed by atoms with Gasteiger partial charge in [0, 0.05) is 13.1 Å². The number of piperazine rings is 1. The summed E-state index contributed by atoms with van der Waals surface area (Å²) in [6.45, 7) is 3.49. The van der Waals surface area contributed by atoms with Gasteiger partial charge in [0.25, 0.3) is 0 Å². The highest BCUT2D eigenvalue weighted by Crippen LogP contribution is 2.38. The van der Waals surface area contributed by atoms with E-state index in [1.807, 2.05) is 6.92 Å². The standard InChI is InChI=1S/C13H19N3O2S/c1-2-9-12(18)14-6-7-16(9)13-15-8-4-3-5-10(17)11(8)19-13/h9-10,17H,2-7H2,1H3,(H,14,18). The number of amides is 1. The normalized spacial score (nSPS) is 27.1. The molecule has 2 N–H and O–H groups in total. The molecule has 1 saturated heterocycles. The van der Waals surface area contributed by atoms with Gasteiger partial charge in [0.05, 0.1) is 16.7 Å². The van der Waals surface area contributed by atoms with Crippen LogP contribution in [0.1, 0.15) is 42.9 Å². The van der Waals surface area contributed by atoms with Gasteiger partial charge < -0.3 is 15.3 Å². The number of rotatable bonds is 2. The zero-order chi connectivity index (χ0) is 13.4. The molecular formula is C13H19N3O2S. The highest BCUT2D eigenvalue weighted by atomic mass is 32.1. The number of carbonyl (C=O) groups is 1. The zero-order valence-electron chi connectivity index (χ0n) is 11.1. The summed E-state index contributed by atoms with van der Waals surface area (Å²) in [5.41, 5.74) is 1.03. The molecule has 2 aliphatic rings. The molecule has 1 aliphatic carbocycles. The topological polar surface area (TPSA) is 65.5 Å². The molecule has 2 unspecified atom stereocenters. The average Bonchev–Trinajstić information content (AvgIpc) is 2.84. The molecule has 0 bridgehead atoms. The molecule has 6 heteroatoms. The number of nitrogens with zero attached hydrogens (tertiary/aromatic N) is 2. The van der Waals surface area contributed by atoms with Crippen LogP contribution in [0.25, 0.3) is 0 Å². The van der Waals surface area contributed by atoms with E-state index in [0.717, 1.165) is 47.9 Å². The summed E-state index contributed by atoms with van der Waals surface area (Å²) in [6.07, 6.45) is 3.17. The van der Waals surface area contributed by atoms with Crippen LogP contribution >= 0.6 is 11.3 Å². The first kappa shape index (κ1) is 12.9. The van der Waals surface area contributed by atoms with Crippen molar-refractivity contribution in [3.63, 3.8) is 0 Å². The van der Waals surface area contributed by atoms with E-state index in [0.29, 0.717) is 6.54 Å². The van der Waals surface area contributed by atoms with E-state index in [1.165, 1.54) is 0 Å². The molecule has 19 heavy (non-hydrogen) atoms. The van der Waals surface area contributed by atoms with Crippen LogP contribution in [-0.4, -0.2) is 35.1 Å². The highest BCUT2D eigenvalue weighted by Gasteiger charge is 2.32. The molecule has 2 atom stereocenters. The van der Waals surface area contributed by atoms with Crippen LogP contribution in [0.4, 0.5) is 5.13 Å². The van der Waals surface area contributed by atoms with E-state index >= 15 is 0 Å². The Morgan fingerprint density at radius 3 is 3.16 bits per heavy atom. The minimum absolute atomic E-state index is 0.0856. The van der Waals surface area contributed by atoms with Gasteiger partial charge in [-0.3, -0.25) is 4.79 Å². The lowest BCUT2D eigenvalue weighted by Crippen LogP contribution is -2.55. The Hall–Kier alpha value is -1.14. The van der Waals surface area contributed by atoms with Gasteiger partial charge in [-0.1, -0.05) is 18.3 Å². The molecule has 2 heterocycles. The number of anilines is 1. The molecule has 3 rings (SSSR count). The predicted octanol–water partition coefficient (Wildman–Crippen LogP) is 1.23. The van der Waals surface area contributed by atoms with Crippen molar-refractivity contribution in [1.82, 2.24) is 10.3 Å². The van der Waals surface area contributed by atoms with Crippen molar-refractivity contribution < 1.29 is 9.90 Å². The third-order valence-corrected chi connectivity index (χ3v) is 5.11. The Morgan fingerprint density at radius 1 is 1.58 bits per heavy atom. The largest absolute Gasteiger partial charge is 0.388 e. The van der Waals surface area contributed by atoms with E-state index in [2.05, 4.69) is 15.2 Å². The maximum Gasteiger partial charge on any atom is 0.242 e. The van der Waals surface area contributed by atoms with E-state index < -0.39 is 0 Å². The number of aromatic nitrogens is 1. The Balaban J connectivity index is 1.91. The number of aliphatic hydroxyl groups is 1. The Morgan fingerprint density at radius 2 is 2.42 bits per heavy atom. The number of hydrogen-bond acceptors (Lipinski definition) is 5. The van der Waals surface area contributed by atoms with Crippen LogP contribution in [0.2, 0.25) is 0 Å². The first-order valence-electron chi connectivity index (χ1n) is 6.92. The first-order chi connectivity index (χ1) is 9.20. The van der Waals surface area contributed by atoms with Crippen molar-refractivity contribution in [2.45, 2.75) is 44.8 Å². The van der Waals surface area contributed by atoms with Gasteiger partial charge in [-0.25, -0.2) is 4.98 Å². The summed E-state index contributed by atoms with van der Waals surface area (Å²) in [7, 11) is 0. The smallest absolute Gasteiger partial charge is 0.242 e. The number of thiazole rings is 1. The van der Waals surface area contributed by atoms with Crippen LogP contribution in [0.3, 0.4) is 0 Å². The summed E-state index contributed by atoms with van der Waals surface area (Å²) in [6, 6.07) is -0.126. The molecule has 1 aliphatic heterocycles. The molecule has 1 amide bonds. The van der Waals surface area contributed by atoms with E-state index in [1.54, 1.807) is 11.3 Å². The summed E-state index contributed by atoms with van der Waals surface area (Å²) in [4.78, 5) is 19.6. The van der Waals surface area contributed by atoms with Crippen molar-refractivity contribution in [1.29, 1.82) is 0 Å². The molecule has 104 valence electrons. The molecule has 1 fully saturated rings. The van der Waals surface area contributed by atoms with Crippen LogP contribution in [0, 0.1) is 0 Å². The van der Waals surface area contributed by atoms with Crippen LogP contribution in [-0.2, 0) is 11.2 Å². The van der Waals surface area contributed by atoms with Crippen molar-refractivity contribution in [3.05, 3.63) is 10.6 Å². The van der Waals surface area contributed by atoms with E-state index in [-0.39, 0.29) is 18.1 Å². The SMILES string of the molecule is CCC1C(=O)NCCN1c1nc2c(s1)C(O)CCC2. The Kier molecular flexibility index (Phi) is 3.45. The van der Waals surface area contributed by atoms with Crippen LogP contribution < -0.4 is 10.2 Å². The second-order valence-corrected chi connectivity index (χ2v) is 6.13. The van der Waals surface area contributed by atoms with E-state index in [4.69, 9.17) is 0 Å². The van der Waals surface area contributed by atoms with Crippen molar-refractivity contribution >= 4 is 22.4 Å². The molecule has 5 nitrogen and oxygen atoms in total. The molecule has 0 aromatic carbocycles. The summed E-state index contributed by atoms with van der Waals surface area (Å²) < 4.78 is 0. The van der Waals surface area contributed by atoms with Crippen molar-refractivity contribution in [2.24, 2.45) is 0 Å². The molecule has 0 saturated carbocycles. The summed E-state index contributed by atoms with van der Waals surface area (Å²) in [5.74, 6) is 0.0856. The fourth-order valence-corrected chi connectivity index (χ4v) is 4.06. The fraction of sp³-hybridized carbons (Fsp3) is 0.692. The highest BCUT2D eigenvalue weighted by molar-refractivity contribution is 7.15. The maximum absolute atomic E-state index is 11.9. The monoisotopic (exact) mass is 281 g/mol.